The summed E-state index contributed by atoms with van der Waals surface area (Å²) in [6.45, 7) is 4.34. The van der Waals surface area contributed by atoms with Crippen LogP contribution in [-0.4, -0.2) is 50.8 Å². The summed E-state index contributed by atoms with van der Waals surface area (Å²) in [5.41, 5.74) is 0.673. The Bertz CT molecular complexity index is 1010. The zero-order chi connectivity index (χ0) is 18.8. The van der Waals surface area contributed by atoms with Crippen LogP contribution in [0.1, 0.15) is 24.4 Å². The zero-order valence-electron chi connectivity index (χ0n) is 15.7. The van der Waals surface area contributed by atoms with Crippen LogP contribution in [0.4, 0.5) is 5.82 Å². The van der Waals surface area contributed by atoms with E-state index in [1.807, 2.05) is 37.3 Å². The van der Waals surface area contributed by atoms with E-state index < -0.39 is 0 Å². The Morgan fingerprint density at radius 3 is 2.96 bits per heavy atom. The number of aromatic nitrogens is 4. The number of benzene rings is 1. The average Bonchev–Trinajstić information content (AvgIpc) is 2.64. The van der Waals surface area contributed by atoms with Gasteiger partial charge in [0.15, 0.2) is 0 Å². The fourth-order valence-corrected chi connectivity index (χ4v) is 3.67. The van der Waals surface area contributed by atoms with Gasteiger partial charge in [0.05, 0.1) is 23.8 Å². The molecule has 1 aromatic carbocycles. The quantitative estimate of drug-likeness (QED) is 0.764. The molecule has 27 heavy (non-hydrogen) atoms. The van der Waals surface area contributed by atoms with Gasteiger partial charge in [-0.3, -0.25) is 4.79 Å². The van der Waals surface area contributed by atoms with E-state index in [9.17, 15) is 4.79 Å². The highest BCUT2D eigenvalue weighted by molar-refractivity contribution is 5.80. The summed E-state index contributed by atoms with van der Waals surface area (Å²) >= 11 is 0. The highest BCUT2D eigenvalue weighted by Crippen LogP contribution is 2.15. The van der Waals surface area contributed by atoms with Crippen LogP contribution in [-0.2, 0) is 6.54 Å². The van der Waals surface area contributed by atoms with E-state index in [0.717, 1.165) is 36.4 Å². The van der Waals surface area contributed by atoms with Crippen molar-refractivity contribution in [3.63, 3.8) is 0 Å². The molecule has 0 amide bonds. The molecular formula is C20H24N6O. The number of rotatable bonds is 4. The van der Waals surface area contributed by atoms with Crippen LogP contribution in [0.15, 0.2) is 41.3 Å². The lowest BCUT2D eigenvalue weighted by Gasteiger charge is -2.30. The summed E-state index contributed by atoms with van der Waals surface area (Å²) in [7, 11) is 2.14. The first-order valence-electron chi connectivity index (χ1n) is 9.33. The summed E-state index contributed by atoms with van der Waals surface area (Å²) in [6, 6.07) is 9.80. The van der Waals surface area contributed by atoms with Crippen molar-refractivity contribution in [2.75, 3.05) is 25.5 Å². The molecule has 1 atom stereocenters. The third-order valence-corrected chi connectivity index (χ3v) is 4.94. The van der Waals surface area contributed by atoms with Crippen molar-refractivity contribution >= 4 is 16.6 Å². The lowest BCUT2D eigenvalue weighted by atomic mass is 10.1. The maximum Gasteiger partial charge on any atom is 0.274 e. The molecule has 1 aliphatic rings. The number of hydrogen-bond acceptors (Lipinski definition) is 6. The van der Waals surface area contributed by atoms with Gasteiger partial charge < -0.3 is 10.2 Å². The second kappa shape index (κ2) is 7.44. The second-order valence-corrected chi connectivity index (χ2v) is 7.23. The van der Waals surface area contributed by atoms with Crippen molar-refractivity contribution in [3.8, 4) is 0 Å². The molecule has 1 fully saturated rings. The van der Waals surface area contributed by atoms with Gasteiger partial charge in [-0.1, -0.05) is 18.2 Å². The molecule has 140 valence electrons. The van der Waals surface area contributed by atoms with Crippen molar-refractivity contribution in [1.82, 2.24) is 24.6 Å². The van der Waals surface area contributed by atoms with Gasteiger partial charge in [-0.05, 0) is 39.4 Å². The fraction of sp³-hybridized carbons (Fsp3) is 0.400. The van der Waals surface area contributed by atoms with E-state index in [-0.39, 0.29) is 5.56 Å². The molecule has 0 radical (unpaired) electrons. The minimum absolute atomic E-state index is 0.104. The van der Waals surface area contributed by atoms with E-state index in [0.29, 0.717) is 23.8 Å². The lowest BCUT2D eigenvalue weighted by molar-refractivity contribution is 0.260. The number of likely N-dealkylation sites (N-methyl/N-ethyl adjacent to an activating group) is 1. The number of nitrogens with one attached hydrogen (secondary N) is 1. The maximum atomic E-state index is 12.7. The van der Waals surface area contributed by atoms with Crippen LogP contribution in [0.25, 0.3) is 10.8 Å². The molecule has 3 heterocycles. The predicted octanol–water partition coefficient (Wildman–Crippen LogP) is 2.05. The Morgan fingerprint density at radius 1 is 1.26 bits per heavy atom. The largest absolute Gasteiger partial charge is 0.366 e. The molecule has 3 aromatic rings. The van der Waals surface area contributed by atoms with Crippen LogP contribution < -0.4 is 10.9 Å². The summed E-state index contributed by atoms with van der Waals surface area (Å²) in [4.78, 5) is 24.0. The monoisotopic (exact) mass is 364 g/mol. The molecule has 7 nitrogen and oxygen atoms in total. The van der Waals surface area contributed by atoms with E-state index >= 15 is 0 Å². The van der Waals surface area contributed by atoms with Crippen molar-refractivity contribution in [2.45, 2.75) is 32.4 Å². The van der Waals surface area contributed by atoms with Gasteiger partial charge in [-0.2, -0.15) is 5.10 Å². The van der Waals surface area contributed by atoms with Gasteiger partial charge in [-0.15, -0.1) is 0 Å². The molecule has 1 aliphatic heterocycles. The van der Waals surface area contributed by atoms with Gasteiger partial charge in [0, 0.05) is 24.0 Å². The van der Waals surface area contributed by atoms with Crippen LogP contribution in [0, 0.1) is 6.92 Å². The van der Waals surface area contributed by atoms with E-state index in [4.69, 9.17) is 0 Å². The number of likely N-dealkylation sites (tertiary alicyclic amines) is 1. The molecule has 0 bridgehead atoms. The molecule has 0 aliphatic carbocycles. The van der Waals surface area contributed by atoms with Crippen LogP contribution >= 0.6 is 0 Å². The highest BCUT2D eigenvalue weighted by Gasteiger charge is 2.17. The Morgan fingerprint density at radius 2 is 2.11 bits per heavy atom. The molecule has 1 unspecified atom stereocenters. The normalized spacial score (nSPS) is 17.9. The lowest BCUT2D eigenvalue weighted by Crippen LogP contribution is -2.40. The number of anilines is 1. The minimum atomic E-state index is -0.104. The topological polar surface area (TPSA) is 75.9 Å². The smallest absolute Gasteiger partial charge is 0.274 e. The van der Waals surface area contributed by atoms with Crippen LogP contribution in [0.2, 0.25) is 0 Å². The Hall–Kier alpha value is -2.80. The Balaban J connectivity index is 1.58. The van der Waals surface area contributed by atoms with E-state index in [1.54, 1.807) is 6.20 Å². The van der Waals surface area contributed by atoms with Crippen molar-refractivity contribution in [2.24, 2.45) is 0 Å². The van der Waals surface area contributed by atoms with E-state index in [2.05, 4.69) is 32.3 Å². The van der Waals surface area contributed by atoms with Crippen molar-refractivity contribution in [1.29, 1.82) is 0 Å². The van der Waals surface area contributed by atoms with Gasteiger partial charge in [0.25, 0.3) is 5.56 Å². The zero-order valence-corrected chi connectivity index (χ0v) is 15.7. The number of hydrogen-bond donors (Lipinski definition) is 1. The van der Waals surface area contributed by atoms with E-state index in [1.165, 1.54) is 11.1 Å². The first kappa shape index (κ1) is 17.6. The second-order valence-electron chi connectivity index (χ2n) is 7.23. The molecule has 0 saturated carbocycles. The molecular weight excluding hydrogens is 340 g/mol. The first-order valence-corrected chi connectivity index (χ1v) is 9.33. The summed E-state index contributed by atoms with van der Waals surface area (Å²) in [6.07, 6.45) is 4.04. The molecule has 1 N–H and O–H groups in total. The minimum Gasteiger partial charge on any atom is -0.366 e. The first-order chi connectivity index (χ1) is 13.1. The molecule has 2 aromatic heterocycles. The highest BCUT2D eigenvalue weighted by atomic mass is 16.1. The van der Waals surface area contributed by atoms with Crippen LogP contribution in [0.3, 0.4) is 0 Å². The van der Waals surface area contributed by atoms with Gasteiger partial charge in [0.2, 0.25) is 0 Å². The Kier molecular flexibility index (Phi) is 4.85. The third-order valence-electron chi connectivity index (χ3n) is 4.94. The van der Waals surface area contributed by atoms with Gasteiger partial charge in [0.1, 0.15) is 11.6 Å². The molecule has 1 saturated heterocycles. The van der Waals surface area contributed by atoms with Crippen molar-refractivity contribution < 1.29 is 0 Å². The van der Waals surface area contributed by atoms with Gasteiger partial charge >= 0.3 is 0 Å². The molecule has 0 spiro atoms. The predicted molar refractivity (Wildman–Crippen MR) is 106 cm³/mol. The number of nitrogens with zero attached hydrogens (tertiary/aromatic N) is 5. The summed E-state index contributed by atoms with van der Waals surface area (Å²) < 4.78 is 1.46. The number of piperidine rings is 1. The summed E-state index contributed by atoms with van der Waals surface area (Å²) in [5.74, 6) is 1.50. The average molecular weight is 364 g/mol. The SMILES string of the molecule is Cc1nc(Cn2ncc3ccccc3c2=O)cc(NC2CCCN(C)C2)n1. The fourth-order valence-electron chi connectivity index (χ4n) is 3.67. The summed E-state index contributed by atoms with van der Waals surface area (Å²) in [5, 5.41) is 9.34. The number of aryl methyl sites for hydroxylation is 1. The number of fused-ring (bicyclic) bond motifs is 1. The standard InChI is InChI=1S/C20H24N6O/c1-14-22-17(10-19(23-14)24-16-7-5-9-25(2)12-16)13-26-20(27)18-8-4-3-6-15(18)11-21-26/h3-4,6,8,10-11,16H,5,7,9,12-13H2,1-2H3,(H,22,23,24). The molecule has 4 rings (SSSR count). The third kappa shape index (κ3) is 3.98. The van der Waals surface area contributed by atoms with Gasteiger partial charge in [-0.25, -0.2) is 14.6 Å². The van der Waals surface area contributed by atoms with Crippen molar-refractivity contribution in [3.05, 3.63) is 58.4 Å². The maximum absolute atomic E-state index is 12.7. The molecule has 7 heteroatoms. The Labute approximate surface area is 158 Å². The van der Waals surface area contributed by atoms with Crippen LogP contribution in [0.5, 0.6) is 0 Å².